The van der Waals surface area contributed by atoms with E-state index >= 15 is 0 Å². The summed E-state index contributed by atoms with van der Waals surface area (Å²) in [5, 5.41) is 14.2. The smallest absolute Gasteiger partial charge is 0.125 e. The van der Waals surface area contributed by atoms with Gasteiger partial charge in [0.1, 0.15) is 11.8 Å². The van der Waals surface area contributed by atoms with E-state index in [4.69, 9.17) is 0 Å². The summed E-state index contributed by atoms with van der Waals surface area (Å²) in [6.07, 6.45) is 2.52. The molecule has 1 aromatic carbocycles. The van der Waals surface area contributed by atoms with Gasteiger partial charge in [0, 0.05) is 35.1 Å². The first-order valence-electron chi connectivity index (χ1n) is 6.53. The van der Waals surface area contributed by atoms with Crippen LogP contribution in [0.1, 0.15) is 29.7 Å². The predicted octanol–water partition coefficient (Wildman–Crippen LogP) is 3.37. The second-order valence-electron chi connectivity index (χ2n) is 5.24. The first-order chi connectivity index (χ1) is 9.13. The molecule has 1 saturated carbocycles. The fourth-order valence-electron chi connectivity index (χ4n) is 2.66. The summed E-state index contributed by atoms with van der Waals surface area (Å²) in [6.45, 7) is 2.89. The Morgan fingerprint density at radius 3 is 2.84 bits per heavy atom. The number of aryl methyl sites for hydroxylation is 2. The Morgan fingerprint density at radius 1 is 1.47 bits per heavy atom. The number of nitriles is 1. The lowest BCUT2D eigenvalue weighted by atomic mass is 10.1. The van der Waals surface area contributed by atoms with Crippen LogP contribution in [0.15, 0.2) is 16.6 Å². The molecule has 3 nitrogen and oxygen atoms in total. The summed E-state index contributed by atoms with van der Waals surface area (Å²) < 4.78 is 3.04. The Bertz CT molecular complexity index is 690. The van der Waals surface area contributed by atoms with Crippen LogP contribution >= 0.6 is 15.9 Å². The summed E-state index contributed by atoms with van der Waals surface area (Å²) in [7, 11) is 1.96. The van der Waals surface area contributed by atoms with Crippen molar-refractivity contribution >= 4 is 26.8 Å². The van der Waals surface area contributed by atoms with Crippen molar-refractivity contribution in [3.8, 4) is 6.07 Å². The number of hydrogen-bond acceptors (Lipinski definition) is 2. The number of fused-ring (bicyclic) bond motifs is 1. The first-order valence-corrected chi connectivity index (χ1v) is 7.32. The van der Waals surface area contributed by atoms with Crippen molar-refractivity contribution in [1.29, 1.82) is 5.26 Å². The summed E-state index contributed by atoms with van der Waals surface area (Å²) >= 11 is 3.60. The Balaban J connectivity index is 2.21. The summed E-state index contributed by atoms with van der Waals surface area (Å²) in [5.74, 6) is 0. The molecule has 0 amide bonds. The number of halogens is 1. The van der Waals surface area contributed by atoms with Crippen LogP contribution in [0.3, 0.4) is 0 Å². The van der Waals surface area contributed by atoms with Gasteiger partial charge in [-0.3, -0.25) is 0 Å². The van der Waals surface area contributed by atoms with Gasteiger partial charge in [0.15, 0.2) is 0 Å². The molecule has 4 heteroatoms. The molecule has 0 atom stereocenters. The molecular formula is C15H16BrN3. The van der Waals surface area contributed by atoms with Crippen molar-refractivity contribution in [2.24, 2.45) is 7.05 Å². The molecule has 0 radical (unpaired) electrons. The van der Waals surface area contributed by atoms with E-state index in [1.54, 1.807) is 0 Å². The molecule has 0 saturated heterocycles. The average molecular weight is 318 g/mol. The van der Waals surface area contributed by atoms with Gasteiger partial charge < -0.3 is 9.88 Å². The van der Waals surface area contributed by atoms with Crippen LogP contribution in [0.4, 0.5) is 0 Å². The molecular weight excluding hydrogens is 302 g/mol. The standard InChI is InChI=1S/C15H16BrN3/c1-9-3-6-12(16)15-14(9)11(8-18-10-4-5-10)13(7-17)19(15)2/h3,6,10,18H,4-5,8H2,1-2H3. The molecule has 98 valence electrons. The van der Waals surface area contributed by atoms with E-state index in [0.29, 0.717) is 6.04 Å². The van der Waals surface area contributed by atoms with Crippen molar-refractivity contribution in [3.05, 3.63) is 33.4 Å². The van der Waals surface area contributed by atoms with E-state index in [1.165, 1.54) is 23.8 Å². The molecule has 0 spiro atoms. The molecule has 0 bridgehead atoms. The van der Waals surface area contributed by atoms with E-state index in [1.807, 2.05) is 11.6 Å². The Morgan fingerprint density at radius 2 is 2.21 bits per heavy atom. The number of nitrogens with one attached hydrogen (secondary N) is 1. The number of aromatic nitrogens is 1. The Hall–Kier alpha value is -1.31. The fraction of sp³-hybridized carbons (Fsp3) is 0.400. The van der Waals surface area contributed by atoms with E-state index in [-0.39, 0.29) is 0 Å². The highest BCUT2D eigenvalue weighted by Gasteiger charge is 2.23. The van der Waals surface area contributed by atoms with Crippen LogP contribution in [-0.2, 0) is 13.6 Å². The van der Waals surface area contributed by atoms with Gasteiger partial charge in [-0.05, 0) is 47.3 Å². The molecule has 19 heavy (non-hydrogen) atoms. The Labute approximate surface area is 121 Å². The molecule has 1 aliphatic carbocycles. The third-order valence-electron chi connectivity index (χ3n) is 3.85. The van der Waals surface area contributed by atoms with Crippen LogP contribution in [-0.4, -0.2) is 10.6 Å². The largest absolute Gasteiger partial charge is 0.334 e. The minimum Gasteiger partial charge on any atom is -0.334 e. The second-order valence-corrected chi connectivity index (χ2v) is 6.10. The first kappa shape index (κ1) is 12.7. The van der Waals surface area contributed by atoms with Gasteiger partial charge in [-0.1, -0.05) is 6.07 Å². The highest BCUT2D eigenvalue weighted by Crippen LogP contribution is 2.33. The molecule has 1 fully saturated rings. The maximum Gasteiger partial charge on any atom is 0.125 e. The molecule has 0 aliphatic heterocycles. The van der Waals surface area contributed by atoms with Crippen molar-refractivity contribution in [2.45, 2.75) is 32.4 Å². The van der Waals surface area contributed by atoms with Crippen molar-refractivity contribution < 1.29 is 0 Å². The minimum atomic E-state index is 0.647. The van der Waals surface area contributed by atoms with Gasteiger partial charge in [-0.25, -0.2) is 0 Å². The number of benzene rings is 1. The lowest BCUT2D eigenvalue weighted by molar-refractivity contribution is 0.687. The zero-order chi connectivity index (χ0) is 13.6. The van der Waals surface area contributed by atoms with Crippen LogP contribution in [0.5, 0.6) is 0 Å². The molecule has 0 unspecified atom stereocenters. The SMILES string of the molecule is Cc1ccc(Br)c2c1c(CNC1CC1)c(C#N)n2C. The molecule has 1 aliphatic rings. The molecule has 1 N–H and O–H groups in total. The van der Waals surface area contributed by atoms with Crippen molar-refractivity contribution in [2.75, 3.05) is 0 Å². The van der Waals surface area contributed by atoms with Gasteiger partial charge in [0.25, 0.3) is 0 Å². The summed E-state index contributed by atoms with van der Waals surface area (Å²) in [5.41, 5.74) is 4.23. The fourth-order valence-corrected chi connectivity index (χ4v) is 3.25. The normalized spacial score (nSPS) is 14.8. The monoisotopic (exact) mass is 317 g/mol. The zero-order valence-corrected chi connectivity index (χ0v) is 12.7. The van der Waals surface area contributed by atoms with Crippen molar-refractivity contribution in [3.63, 3.8) is 0 Å². The highest BCUT2D eigenvalue weighted by molar-refractivity contribution is 9.10. The van der Waals surface area contributed by atoms with Crippen LogP contribution in [0.2, 0.25) is 0 Å². The van der Waals surface area contributed by atoms with Crippen LogP contribution in [0, 0.1) is 18.3 Å². The molecule has 2 aromatic rings. The van der Waals surface area contributed by atoms with Gasteiger partial charge in [0.2, 0.25) is 0 Å². The maximum atomic E-state index is 9.45. The summed E-state index contributed by atoms with van der Waals surface area (Å²) in [6, 6.07) is 7.16. The van der Waals surface area contributed by atoms with Gasteiger partial charge in [-0.15, -0.1) is 0 Å². The van der Waals surface area contributed by atoms with Gasteiger partial charge >= 0.3 is 0 Å². The van der Waals surface area contributed by atoms with Gasteiger partial charge in [-0.2, -0.15) is 5.26 Å². The van der Waals surface area contributed by atoms with E-state index < -0.39 is 0 Å². The zero-order valence-electron chi connectivity index (χ0n) is 11.1. The van der Waals surface area contributed by atoms with Gasteiger partial charge in [0.05, 0.1) is 5.52 Å². The Kier molecular flexibility index (Phi) is 3.12. The number of nitrogens with zero attached hydrogens (tertiary/aromatic N) is 2. The quantitative estimate of drug-likeness (QED) is 0.942. The second kappa shape index (κ2) is 4.66. The number of hydrogen-bond donors (Lipinski definition) is 1. The lowest BCUT2D eigenvalue weighted by Gasteiger charge is -2.05. The van der Waals surface area contributed by atoms with Crippen LogP contribution in [0.25, 0.3) is 10.9 Å². The van der Waals surface area contributed by atoms with E-state index in [2.05, 4.69) is 46.4 Å². The lowest BCUT2D eigenvalue weighted by Crippen LogP contribution is -2.16. The third-order valence-corrected chi connectivity index (χ3v) is 4.49. The minimum absolute atomic E-state index is 0.647. The average Bonchev–Trinajstić information content (AvgIpc) is 3.16. The summed E-state index contributed by atoms with van der Waals surface area (Å²) in [4.78, 5) is 0. The maximum absolute atomic E-state index is 9.45. The number of rotatable bonds is 3. The van der Waals surface area contributed by atoms with Crippen molar-refractivity contribution in [1.82, 2.24) is 9.88 Å². The van der Waals surface area contributed by atoms with Crippen LogP contribution < -0.4 is 5.32 Å². The molecule has 3 rings (SSSR count). The predicted molar refractivity (Wildman–Crippen MR) is 79.9 cm³/mol. The molecule has 1 heterocycles. The molecule has 1 aromatic heterocycles. The topological polar surface area (TPSA) is 40.8 Å². The van der Waals surface area contributed by atoms with E-state index in [9.17, 15) is 5.26 Å². The van der Waals surface area contributed by atoms with E-state index in [0.717, 1.165) is 27.8 Å². The highest BCUT2D eigenvalue weighted by atomic mass is 79.9. The third kappa shape index (κ3) is 2.07.